The second-order valence-electron chi connectivity index (χ2n) is 10.2. The number of nitrogen functional groups attached to an aromatic ring is 2. The molecule has 9 atom stereocenters. The van der Waals surface area contributed by atoms with Crippen molar-refractivity contribution in [3.05, 3.63) is 33.4 Å². The third-order valence-corrected chi connectivity index (χ3v) is 9.30. The van der Waals surface area contributed by atoms with E-state index in [2.05, 4.69) is 29.9 Å². The quantitative estimate of drug-likeness (QED) is 0.113. The number of ether oxygens (including phenoxy) is 2. The fraction of sp³-hybridized carbons (Fsp3) is 0.500. The summed E-state index contributed by atoms with van der Waals surface area (Å²) in [6.07, 6.45) is -7.63. The molecular weight excluding hydrogens is 650 g/mol. The van der Waals surface area contributed by atoms with Crippen molar-refractivity contribution in [1.29, 1.82) is 0 Å². The van der Waals surface area contributed by atoms with Crippen LogP contribution in [-0.2, 0) is 36.7 Å². The van der Waals surface area contributed by atoms with E-state index in [1.54, 1.807) is 0 Å². The van der Waals surface area contributed by atoms with Crippen molar-refractivity contribution < 1.29 is 51.6 Å². The highest BCUT2D eigenvalue weighted by Gasteiger charge is 2.52. The topological polar surface area (TPSA) is 329 Å². The summed E-state index contributed by atoms with van der Waals surface area (Å²) in [4.78, 5) is 66.2. The number of aromatic amines is 2. The summed E-state index contributed by atoms with van der Waals surface area (Å²) in [6.45, 7) is -1.48. The number of phosphoric ester groups is 2. The molecule has 0 aromatic carbocycles. The molecule has 23 nitrogen and oxygen atoms in total. The normalized spacial score (nSPS) is 36.0. The number of hydrogen-bond donors (Lipinski definition) is 7. The fourth-order valence-electron chi connectivity index (χ4n) is 5.35. The van der Waals surface area contributed by atoms with Crippen LogP contribution in [0.25, 0.3) is 22.3 Å². The Morgan fingerprint density at radius 1 is 0.822 bits per heavy atom. The van der Waals surface area contributed by atoms with E-state index in [0.29, 0.717) is 0 Å². The van der Waals surface area contributed by atoms with Gasteiger partial charge in [-0.1, -0.05) is 0 Å². The summed E-state index contributed by atoms with van der Waals surface area (Å²) in [5.74, 6) is -0.456. The highest BCUT2D eigenvalue weighted by atomic mass is 31.2. The summed E-state index contributed by atoms with van der Waals surface area (Å²) < 4.78 is 61.2. The van der Waals surface area contributed by atoms with Crippen molar-refractivity contribution in [3.63, 3.8) is 0 Å². The van der Waals surface area contributed by atoms with Crippen LogP contribution in [0, 0.1) is 0 Å². The number of hydrogen-bond acceptors (Lipinski definition) is 17. The predicted molar refractivity (Wildman–Crippen MR) is 145 cm³/mol. The lowest BCUT2D eigenvalue weighted by atomic mass is 10.1. The van der Waals surface area contributed by atoms with Gasteiger partial charge < -0.3 is 35.8 Å². The zero-order valence-corrected chi connectivity index (χ0v) is 24.3. The molecule has 3 aliphatic rings. The molecule has 25 heteroatoms. The van der Waals surface area contributed by atoms with Gasteiger partial charge in [0.15, 0.2) is 28.6 Å². The third-order valence-electron chi connectivity index (χ3n) is 7.30. The number of H-pyrrole nitrogens is 2. The number of imidazole rings is 2. The minimum atomic E-state index is -5.00. The Morgan fingerprint density at radius 2 is 1.38 bits per heavy atom. The molecule has 7 rings (SSSR count). The second-order valence-corrected chi connectivity index (χ2v) is 13.0. The first-order chi connectivity index (χ1) is 21.3. The Balaban J connectivity index is 1.16. The Hall–Kier alpha value is -3.60. The lowest BCUT2D eigenvalue weighted by molar-refractivity contribution is -0.0662. The number of aliphatic hydroxyl groups is 1. The molecular formula is C20H24N10O13P2. The largest absolute Gasteiger partial charge is 0.472 e. The van der Waals surface area contributed by atoms with Crippen molar-refractivity contribution in [3.8, 4) is 0 Å². The van der Waals surface area contributed by atoms with E-state index in [0.717, 1.165) is 10.9 Å². The van der Waals surface area contributed by atoms with Crippen LogP contribution in [0.2, 0.25) is 0 Å². The van der Waals surface area contributed by atoms with Crippen molar-refractivity contribution in [2.75, 3.05) is 24.7 Å². The van der Waals surface area contributed by atoms with Crippen LogP contribution in [-0.4, -0.2) is 97.7 Å². The van der Waals surface area contributed by atoms with Gasteiger partial charge in [-0.25, -0.2) is 19.1 Å². The molecule has 0 amide bonds. The maximum atomic E-state index is 13.1. The zero-order chi connectivity index (χ0) is 31.8. The van der Waals surface area contributed by atoms with Crippen LogP contribution in [0.4, 0.5) is 11.9 Å². The van der Waals surface area contributed by atoms with E-state index in [9.17, 15) is 33.6 Å². The maximum absolute atomic E-state index is 13.1. The molecule has 0 aliphatic carbocycles. The first-order valence-electron chi connectivity index (χ1n) is 13.0. The number of fused-ring (bicyclic) bond motifs is 4. The summed E-state index contributed by atoms with van der Waals surface area (Å²) >= 11 is 0. The first kappa shape index (κ1) is 30.1. The molecule has 45 heavy (non-hydrogen) atoms. The van der Waals surface area contributed by atoms with Gasteiger partial charge in [0.2, 0.25) is 11.9 Å². The Labute approximate surface area is 248 Å². The van der Waals surface area contributed by atoms with Crippen LogP contribution < -0.4 is 22.6 Å². The van der Waals surface area contributed by atoms with Crippen LogP contribution in [0.1, 0.15) is 18.9 Å². The van der Waals surface area contributed by atoms with Crippen molar-refractivity contribution >= 4 is 49.9 Å². The number of aliphatic hydroxyl groups excluding tert-OH is 1. The molecule has 4 aromatic heterocycles. The Morgan fingerprint density at radius 3 is 2.02 bits per heavy atom. The molecule has 3 saturated heterocycles. The monoisotopic (exact) mass is 674 g/mol. The molecule has 0 saturated carbocycles. The van der Waals surface area contributed by atoms with E-state index in [-0.39, 0.29) is 40.6 Å². The van der Waals surface area contributed by atoms with Gasteiger partial charge >= 0.3 is 15.6 Å². The van der Waals surface area contributed by atoms with Gasteiger partial charge in [-0.05, 0) is 0 Å². The van der Waals surface area contributed by atoms with Crippen LogP contribution >= 0.6 is 15.6 Å². The summed E-state index contributed by atoms with van der Waals surface area (Å²) in [5.41, 5.74) is 9.75. The van der Waals surface area contributed by atoms with Crippen molar-refractivity contribution in [2.45, 2.75) is 49.4 Å². The molecule has 4 aromatic rings. The summed E-state index contributed by atoms with van der Waals surface area (Å²) in [6, 6.07) is 0. The molecule has 3 unspecified atom stereocenters. The molecule has 7 heterocycles. The minimum absolute atomic E-state index is 0.0424. The lowest BCUT2D eigenvalue weighted by Gasteiger charge is -2.27. The molecule has 242 valence electrons. The van der Waals surface area contributed by atoms with Gasteiger partial charge in [-0.2, -0.15) is 9.97 Å². The second kappa shape index (κ2) is 10.7. The maximum Gasteiger partial charge on any atom is 0.472 e. The van der Waals surface area contributed by atoms with Gasteiger partial charge in [0.1, 0.15) is 36.7 Å². The molecule has 3 aliphatic heterocycles. The molecule has 3 fully saturated rings. The molecule has 9 N–H and O–H groups in total. The highest BCUT2D eigenvalue weighted by Crippen LogP contribution is 2.53. The first-order valence-corrected chi connectivity index (χ1v) is 16.0. The van der Waals surface area contributed by atoms with E-state index in [1.165, 1.54) is 10.9 Å². The van der Waals surface area contributed by atoms with Crippen LogP contribution in [0.5, 0.6) is 0 Å². The van der Waals surface area contributed by atoms with Gasteiger partial charge in [0.25, 0.3) is 11.1 Å². The van der Waals surface area contributed by atoms with Crippen molar-refractivity contribution in [1.82, 2.24) is 39.0 Å². The fourth-order valence-corrected chi connectivity index (χ4v) is 7.27. The molecule has 0 radical (unpaired) electrons. The Bertz CT molecular complexity index is 2010. The van der Waals surface area contributed by atoms with E-state index in [1.807, 2.05) is 0 Å². The standard InChI is InChI=1S/C20H24N10O13P2/c21-19-25-14-10(16(32)27-19)23-4-29(14)9-1-6-7(40-9)2-38-45(36,37)43-13-8(3-39-44(34,35)42-6)41-18(12(13)31)30-5-24-11-15(30)26-20(22)28-17(11)33/h4-9,12-13,18,31H,1-3H2,(H,34,35)(H,36,37)(H3,21,25,27,32)(H3,22,26,28,33)/t6-,7-,8-,9-,12?,13+,18-/m1/s1. The summed E-state index contributed by atoms with van der Waals surface area (Å²) in [7, 11) is -9.90. The number of anilines is 2. The van der Waals surface area contributed by atoms with Gasteiger partial charge in [-0.3, -0.25) is 46.8 Å². The zero-order valence-electron chi connectivity index (χ0n) is 22.5. The van der Waals surface area contributed by atoms with E-state index < -0.39 is 83.0 Å². The van der Waals surface area contributed by atoms with Gasteiger partial charge in [0.05, 0.1) is 25.9 Å². The molecule has 0 bridgehead atoms. The number of aromatic nitrogens is 8. The van der Waals surface area contributed by atoms with Gasteiger partial charge in [-0.15, -0.1) is 0 Å². The van der Waals surface area contributed by atoms with Crippen LogP contribution in [0.15, 0.2) is 22.2 Å². The number of nitrogens with one attached hydrogen (secondary N) is 2. The minimum Gasteiger partial charge on any atom is -0.386 e. The average Bonchev–Trinajstić information content (AvgIpc) is 3.71. The highest BCUT2D eigenvalue weighted by molar-refractivity contribution is 7.47. The SMILES string of the molecule is Nc1nc2c(ncn2[C@@H]2O[C@@H]3COP(=O)(O)O[C@@H]4C[C@H](n5cnc6c(=O)[nH]c(N)nc65)O[C@@H]4COP(=O)(O)O[C@@H]3C2O)c(=O)[nH]1. The lowest BCUT2D eigenvalue weighted by Crippen LogP contribution is -2.37. The molecule has 0 spiro atoms. The number of nitrogens with zero attached hydrogens (tertiary/aromatic N) is 6. The smallest absolute Gasteiger partial charge is 0.386 e. The summed E-state index contributed by atoms with van der Waals surface area (Å²) in [5, 5.41) is 11.1. The van der Waals surface area contributed by atoms with Crippen LogP contribution in [0.3, 0.4) is 0 Å². The third kappa shape index (κ3) is 5.47. The van der Waals surface area contributed by atoms with E-state index >= 15 is 0 Å². The van der Waals surface area contributed by atoms with Crippen molar-refractivity contribution in [2.24, 2.45) is 0 Å². The average molecular weight is 674 g/mol. The number of nitrogens with two attached hydrogens (primary N) is 2. The number of phosphoric acid groups is 2. The van der Waals surface area contributed by atoms with E-state index in [4.69, 9.17) is 39.0 Å². The van der Waals surface area contributed by atoms with Gasteiger partial charge in [0, 0.05) is 6.42 Å². The predicted octanol–water partition coefficient (Wildman–Crippen LogP) is -2.02. The Kier molecular flexibility index (Phi) is 7.18. The number of rotatable bonds is 2.